The highest BCUT2D eigenvalue weighted by atomic mass is 79.9. The van der Waals surface area contributed by atoms with Gasteiger partial charge >= 0.3 is 0 Å². The summed E-state index contributed by atoms with van der Waals surface area (Å²) in [5.41, 5.74) is 2.00. The Kier molecular flexibility index (Phi) is 5.43. The van der Waals surface area contributed by atoms with Crippen LogP contribution in [0.2, 0.25) is 0 Å². The molecule has 1 aromatic carbocycles. The second-order valence-electron chi connectivity index (χ2n) is 4.35. The number of benzene rings is 1. The summed E-state index contributed by atoms with van der Waals surface area (Å²) in [6, 6.07) is 3.92. The van der Waals surface area contributed by atoms with Gasteiger partial charge in [0.15, 0.2) is 0 Å². The van der Waals surface area contributed by atoms with E-state index < -0.39 is 6.10 Å². The van der Waals surface area contributed by atoms with Crippen molar-refractivity contribution in [2.75, 3.05) is 20.7 Å². The van der Waals surface area contributed by atoms with E-state index in [1.807, 2.05) is 19.2 Å². The van der Waals surface area contributed by atoms with Crippen LogP contribution in [0.1, 0.15) is 37.0 Å². The molecule has 0 saturated heterocycles. The normalized spacial score (nSPS) is 12.9. The van der Waals surface area contributed by atoms with E-state index >= 15 is 0 Å². The third-order valence-electron chi connectivity index (χ3n) is 2.70. The first-order chi connectivity index (χ1) is 8.01. The highest BCUT2D eigenvalue weighted by Gasteiger charge is 2.16. The summed E-state index contributed by atoms with van der Waals surface area (Å²) < 4.78 is 6.27. The van der Waals surface area contributed by atoms with Gasteiger partial charge in [-0.05, 0) is 52.2 Å². The minimum absolute atomic E-state index is 0.350. The molecule has 1 unspecified atom stereocenters. The molecule has 0 aliphatic heterocycles. The highest BCUT2D eigenvalue weighted by molar-refractivity contribution is 9.10. The van der Waals surface area contributed by atoms with Gasteiger partial charge in [-0.25, -0.2) is 0 Å². The molecule has 0 aliphatic carbocycles. The molecule has 96 valence electrons. The summed E-state index contributed by atoms with van der Waals surface area (Å²) in [6.45, 7) is 4.76. The Bertz CT molecular complexity index is 380. The molecular weight excluding hydrogens is 282 g/mol. The summed E-state index contributed by atoms with van der Waals surface area (Å²) >= 11 is 3.49. The zero-order valence-corrected chi connectivity index (χ0v) is 12.3. The lowest BCUT2D eigenvalue weighted by Gasteiger charge is -2.18. The van der Waals surface area contributed by atoms with E-state index in [9.17, 15) is 5.11 Å². The molecular formula is C13H20BrNO2. The van der Waals surface area contributed by atoms with Crippen LogP contribution in [-0.2, 0) is 0 Å². The molecule has 1 atom stereocenters. The highest BCUT2D eigenvalue weighted by Crippen LogP contribution is 2.36. The number of hydrogen-bond donors (Lipinski definition) is 2. The number of methoxy groups -OCH3 is 1. The van der Waals surface area contributed by atoms with E-state index in [-0.39, 0.29) is 0 Å². The van der Waals surface area contributed by atoms with E-state index in [0.717, 1.165) is 21.3 Å². The van der Waals surface area contributed by atoms with Crippen molar-refractivity contribution in [1.82, 2.24) is 5.32 Å². The van der Waals surface area contributed by atoms with Gasteiger partial charge < -0.3 is 15.2 Å². The van der Waals surface area contributed by atoms with Crippen molar-refractivity contribution in [2.45, 2.75) is 25.9 Å². The summed E-state index contributed by atoms with van der Waals surface area (Å²) in [7, 11) is 3.49. The molecule has 0 fully saturated rings. The average molecular weight is 302 g/mol. The first-order valence-electron chi connectivity index (χ1n) is 5.71. The maximum Gasteiger partial charge on any atom is 0.136 e. The van der Waals surface area contributed by atoms with Crippen LogP contribution in [0.3, 0.4) is 0 Å². The number of hydrogen-bond acceptors (Lipinski definition) is 3. The number of halogens is 1. The number of ether oxygens (including phenoxy) is 1. The fraction of sp³-hybridized carbons (Fsp3) is 0.538. The zero-order chi connectivity index (χ0) is 13.0. The monoisotopic (exact) mass is 301 g/mol. The van der Waals surface area contributed by atoms with Crippen LogP contribution < -0.4 is 10.1 Å². The Labute approximate surface area is 111 Å². The van der Waals surface area contributed by atoms with E-state index in [4.69, 9.17) is 4.74 Å². The first kappa shape index (κ1) is 14.5. The van der Waals surface area contributed by atoms with Crippen molar-refractivity contribution in [3.63, 3.8) is 0 Å². The van der Waals surface area contributed by atoms with E-state index in [1.54, 1.807) is 7.11 Å². The van der Waals surface area contributed by atoms with Gasteiger partial charge in [-0.3, -0.25) is 0 Å². The topological polar surface area (TPSA) is 41.5 Å². The van der Waals surface area contributed by atoms with Gasteiger partial charge in [-0.1, -0.05) is 13.8 Å². The second kappa shape index (κ2) is 6.38. The molecule has 0 spiro atoms. The first-order valence-corrected chi connectivity index (χ1v) is 6.50. The van der Waals surface area contributed by atoms with E-state index in [0.29, 0.717) is 12.5 Å². The quantitative estimate of drug-likeness (QED) is 0.879. The molecule has 1 rings (SSSR count). The Morgan fingerprint density at radius 3 is 2.53 bits per heavy atom. The van der Waals surface area contributed by atoms with Gasteiger partial charge in [0, 0.05) is 6.54 Å². The van der Waals surface area contributed by atoms with Crippen molar-refractivity contribution in [2.24, 2.45) is 0 Å². The lowest BCUT2D eigenvalue weighted by Crippen LogP contribution is -2.17. The third-order valence-corrected chi connectivity index (χ3v) is 3.29. The molecule has 0 saturated carbocycles. The van der Waals surface area contributed by atoms with Gasteiger partial charge in [0.25, 0.3) is 0 Å². The second-order valence-corrected chi connectivity index (χ2v) is 5.21. The number of likely N-dealkylation sites (N-methyl/N-ethyl adjacent to an activating group) is 1. The van der Waals surface area contributed by atoms with Crippen LogP contribution >= 0.6 is 15.9 Å². The molecule has 0 aromatic heterocycles. The summed E-state index contributed by atoms with van der Waals surface area (Å²) in [6.07, 6.45) is -0.500. The molecule has 4 heteroatoms. The van der Waals surface area contributed by atoms with Crippen LogP contribution in [-0.4, -0.2) is 25.8 Å². The molecule has 3 nitrogen and oxygen atoms in total. The average Bonchev–Trinajstić information content (AvgIpc) is 2.28. The molecule has 0 radical (unpaired) electrons. The maximum atomic E-state index is 9.99. The summed E-state index contributed by atoms with van der Waals surface area (Å²) in [5, 5.41) is 13.0. The van der Waals surface area contributed by atoms with Crippen LogP contribution in [0, 0.1) is 0 Å². The molecule has 0 aliphatic rings. The SMILES string of the molecule is CNCC(O)c1cc(Br)c(OC)c(C(C)C)c1. The Morgan fingerprint density at radius 2 is 2.06 bits per heavy atom. The van der Waals surface area contributed by atoms with E-state index in [1.165, 1.54) is 0 Å². The minimum Gasteiger partial charge on any atom is -0.495 e. The van der Waals surface area contributed by atoms with Gasteiger partial charge in [0.2, 0.25) is 0 Å². The third kappa shape index (κ3) is 3.44. The number of nitrogens with one attached hydrogen (secondary N) is 1. The molecule has 0 bridgehead atoms. The van der Waals surface area contributed by atoms with Crippen LogP contribution in [0.15, 0.2) is 16.6 Å². The minimum atomic E-state index is -0.500. The van der Waals surface area contributed by atoms with E-state index in [2.05, 4.69) is 35.1 Å². The van der Waals surface area contributed by atoms with Gasteiger partial charge in [-0.2, -0.15) is 0 Å². The van der Waals surface area contributed by atoms with Crippen molar-refractivity contribution in [3.8, 4) is 5.75 Å². The predicted octanol–water partition coefficient (Wildman–Crippen LogP) is 2.83. The van der Waals surface area contributed by atoms with Gasteiger partial charge in [0.1, 0.15) is 5.75 Å². The lowest BCUT2D eigenvalue weighted by molar-refractivity contribution is 0.177. The molecule has 17 heavy (non-hydrogen) atoms. The van der Waals surface area contributed by atoms with Gasteiger partial charge in [-0.15, -0.1) is 0 Å². The Balaban J connectivity index is 3.19. The number of aliphatic hydroxyl groups excluding tert-OH is 1. The fourth-order valence-electron chi connectivity index (χ4n) is 1.78. The standard InChI is InChI=1S/C13H20BrNO2/c1-8(2)10-5-9(12(16)7-15-3)6-11(14)13(10)17-4/h5-6,8,12,15-16H,7H2,1-4H3. The molecule has 0 amide bonds. The smallest absolute Gasteiger partial charge is 0.136 e. The largest absolute Gasteiger partial charge is 0.495 e. The lowest BCUT2D eigenvalue weighted by atomic mass is 9.97. The molecule has 0 heterocycles. The van der Waals surface area contributed by atoms with Crippen molar-refractivity contribution >= 4 is 15.9 Å². The van der Waals surface area contributed by atoms with Gasteiger partial charge in [0.05, 0.1) is 17.7 Å². The molecule has 2 N–H and O–H groups in total. The summed E-state index contributed by atoms with van der Waals surface area (Å²) in [4.78, 5) is 0. The van der Waals surface area contributed by atoms with Crippen LogP contribution in [0.5, 0.6) is 5.75 Å². The Morgan fingerprint density at radius 1 is 1.41 bits per heavy atom. The van der Waals surface area contributed by atoms with Crippen molar-refractivity contribution in [3.05, 3.63) is 27.7 Å². The maximum absolute atomic E-state index is 9.99. The van der Waals surface area contributed by atoms with Crippen LogP contribution in [0.25, 0.3) is 0 Å². The summed E-state index contributed by atoms with van der Waals surface area (Å²) in [5.74, 6) is 1.20. The number of rotatable bonds is 5. The zero-order valence-electron chi connectivity index (χ0n) is 10.7. The van der Waals surface area contributed by atoms with Crippen molar-refractivity contribution < 1.29 is 9.84 Å². The van der Waals surface area contributed by atoms with Crippen molar-refractivity contribution in [1.29, 1.82) is 0 Å². The predicted molar refractivity (Wildman–Crippen MR) is 73.7 cm³/mol. The van der Waals surface area contributed by atoms with Crippen LogP contribution in [0.4, 0.5) is 0 Å². The fourth-order valence-corrected chi connectivity index (χ4v) is 2.44. The Hall–Kier alpha value is -0.580. The number of aliphatic hydroxyl groups is 1. The molecule has 1 aromatic rings.